The number of carboxylic acid groups (broad SMARTS) is 1. The van der Waals surface area contributed by atoms with Crippen molar-refractivity contribution in [1.82, 2.24) is 0 Å². The summed E-state index contributed by atoms with van der Waals surface area (Å²) in [5, 5.41) is 9.01. The van der Waals surface area contributed by atoms with Crippen LogP contribution in [0.1, 0.15) is 38.7 Å². The van der Waals surface area contributed by atoms with Crippen LogP contribution in [0.3, 0.4) is 0 Å². The zero-order valence-corrected chi connectivity index (χ0v) is 12.9. The molecular formula is C16H22O3S. The van der Waals surface area contributed by atoms with Gasteiger partial charge in [-0.3, -0.25) is 4.79 Å². The Kier molecular flexibility index (Phi) is 4.97. The minimum Gasteiger partial charge on any atom is -0.490 e. The average molecular weight is 294 g/mol. The minimum absolute atomic E-state index is 0.122. The van der Waals surface area contributed by atoms with E-state index in [2.05, 4.69) is 0 Å². The summed E-state index contributed by atoms with van der Waals surface area (Å²) >= 11 is 1.98. The van der Waals surface area contributed by atoms with E-state index in [9.17, 15) is 4.79 Å². The zero-order chi connectivity index (χ0) is 14.6. The molecule has 0 aromatic heterocycles. The molecule has 0 bridgehead atoms. The van der Waals surface area contributed by atoms with Crippen molar-refractivity contribution in [3.63, 3.8) is 0 Å². The van der Waals surface area contributed by atoms with Gasteiger partial charge < -0.3 is 9.84 Å². The maximum absolute atomic E-state index is 11.0. The fraction of sp³-hybridized carbons (Fsp3) is 0.562. The molecule has 1 aliphatic rings. The smallest absolute Gasteiger partial charge is 0.304 e. The third-order valence-corrected chi connectivity index (χ3v) is 4.73. The standard InChI is InChI=1S/C16H22O3S/c1-16(2,11-15(17)18)12-4-3-5-14(10-12)19-13-6-8-20-9-7-13/h3-5,10,13H,6-9,11H2,1-2H3,(H,17,18). The molecule has 20 heavy (non-hydrogen) atoms. The number of ether oxygens (including phenoxy) is 1. The van der Waals surface area contributed by atoms with Crippen molar-refractivity contribution in [2.24, 2.45) is 0 Å². The van der Waals surface area contributed by atoms with Gasteiger partial charge in [-0.15, -0.1) is 0 Å². The Morgan fingerprint density at radius 2 is 2.10 bits per heavy atom. The number of carboxylic acids is 1. The van der Waals surface area contributed by atoms with Crippen LogP contribution in [0, 0.1) is 0 Å². The number of rotatable bonds is 5. The summed E-state index contributed by atoms with van der Waals surface area (Å²) in [7, 11) is 0. The largest absolute Gasteiger partial charge is 0.490 e. The fourth-order valence-electron chi connectivity index (χ4n) is 2.46. The van der Waals surface area contributed by atoms with Gasteiger partial charge in [-0.1, -0.05) is 26.0 Å². The van der Waals surface area contributed by atoms with Crippen LogP contribution in [0.2, 0.25) is 0 Å². The quantitative estimate of drug-likeness (QED) is 0.899. The molecule has 0 radical (unpaired) electrons. The van der Waals surface area contributed by atoms with Crippen molar-refractivity contribution in [1.29, 1.82) is 0 Å². The first-order chi connectivity index (χ1) is 9.47. The predicted octanol–water partition coefficient (Wildman–Crippen LogP) is 3.71. The molecule has 1 aromatic carbocycles. The van der Waals surface area contributed by atoms with E-state index in [0.717, 1.165) is 35.7 Å². The molecule has 3 nitrogen and oxygen atoms in total. The molecule has 0 saturated carbocycles. The molecule has 0 amide bonds. The van der Waals surface area contributed by atoms with Gasteiger partial charge in [0.2, 0.25) is 0 Å². The average Bonchev–Trinajstić information content (AvgIpc) is 2.39. The summed E-state index contributed by atoms with van der Waals surface area (Å²) in [4.78, 5) is 11.0. The summed E-state index contributed by atoms with van der Waals surface area (Å²) in [5.74, 6) is 2.41. The van der Waals surface area contributed by atoms with Crippen LogP contribution < -0.4 is 4.74 Å². The molecule has 1 fully saturated rings. The van der Waals surface area contributed by atoms with Crippen molar-refractivity contribution in [3.05, 3.63) is 29.8 Å². The molecule has 110 valence electrons. The third-order valence-electron chi connectivity index (χ3n) is 3.68. The summed E-state index contributed by atoms with van der Waals surface area (Å²) < 4.78 is 6.04. The van der Waals surface area contributed by atoms with Crippen molar-refractivity contribution in [3.8, 4) is 5.75 Å². The van der Waals surface area contributed by atoms with Gasteiger partial charge in [0.05, 0.1) is 6.42 Å². The first-order valence-electron chi connectivity index (χ1n) is 7.04. The highest BCUT2D eigenvalue weighted by atomic mass is 32.2. The number of carbonyl (C=O) groups is 1. The molecule has 1 aliphatic heterocycles. The number of hydrogen-bond acceptors (Lipinski definition) is 3. The minimum atomic E-state index is -0.773. The van der Waals surface area contributed by atoms with E-state index in [1.165, 1.54) is 0 Å². The molecule has 1 heterocycles. The number of benzene rings is 1. The topological polar surface area (TPSA) is 46.5 Å². The summed E-state index contributed by atoms with van der Waals surface area (Å²) in [6.45, 7) is 3.91. The second-order valence-electron chi connectivity index (χ2n) is 5.91. The lowest BCUT2D eigenvalue weighted by molar-refractivity contribution is -0.138. The molecule has 0 unspecified atom stereocenters. The molecule has 0 atom stereocenters. The van der Waals surface area contributed by atoms with Crippen molar-refractivity contribution in [2.75, 3.05) is 11.5 Å². The Hall–Kier alpha value is -1.16. The van der Waals surface area contributed by atoms with E-state index in [1.807, 2.05) is 49.9 Å². The van der Waals surface area contributed by atoms with Crippen molar-refractivity contribution < 1.29 is 14.6 Å². The van der Waals surface area contributed by atoms with E-state index in [0.29, 0.717) is 6.10 Å². The van der Waals surface area contributed by atoms with Gasteiger partial charge in [-0.05, 0) is 42.0 Å². The van der Waals surface area contributed by atoms with Crippen molar-refractivity contribution >= 4 is 17.7 Å². The maximum atomic E-state index is 11.0. The maximum Gasteiger partial charge on any atom is 0.304 e. The highest BCUT2D eigenvalue weighted by Gasteiger charge is 2.25. The van der Waals surface area contributed by atoms with Gasteiger partial charge in [0.15, 0.2) is 0 Å². The highest BCUT2D eigenvalue weighted by molar-refractivity contribution is 7.99. The van der Waals surface area contributed by atoms with E-state index in [4.69, 9.17) is 9.84 Å². The Morgan fingerprint density at radius 3 is 2.75 bits per heavy atom. The van der Waals surface area contributed by atoms with Crippen LogP contribution in [0.4, 0.5) is 0 Å². The van der Waals surface area contributed by atoms with Gasteiger partial charge in [0, 0.05) is 5.41 Å². The Bertz CT molecular complexity index is 465. The lowest BCUT2D eigenvalue weighted by Gasteiger charge is -2.26. The fourth-order valence-corrected chi connectivity index (χ4v) is 3.52. The van der Waals surface area contributed by atoms with Crippen LogP contribution in [0.25, 0.3) is 0 Å². The Balaban J connectivity index is 2.08. The summed E-state index contributed by atoms with van der Waals surface area (Å²) in [6, 6.07) is 7.88. The molecule has 0 aliphatic carbocycles. The zero-order valence-electron chi connectivity index (χ0n) is 12.1. The molecular weight excluding hydrogens is 272 g/mol. The first kappa shape index (κ1) is 15.2. The van der Waals surface area contributed by atoms with Crippen LogP contribution in [-0.4, -0.2) is 28.7 Å². The molecule has 4 heteroatoms. The number of aliphatic carboxylic acids is 1. The van der Waals surface area contributed by atoms with Crippen LogP contribution >= 0.6 is 11.8 Å². The Labute approximate surface area is 124 Å². The van der Waals surface area contributed by atoms with Crippen LogP contribution in [0.15, 0.2) is 24.3 Å². The number of hydrogen-bond donors (Lipinski definition) is 1. The van der Waals surface area contributed by atoms with Gasteiger partial charge in [-0.2, -0.15) is 11.8 Å². The molecule has 2 rings (SSSR count). The monoisotopic (exact) mass is 294 g/mol. The normalized spacial score (nSPS) is 16.9. The molecule has 1 N–H and O–H groups in total. The molecule has 0 spiro atoms. The van der Waals surface area contributed by atoms with E-state index >= 15 is 0 Å². The summed E-state index contributed by atoms with van der Waals surface area (Å²) in [6.07, 6.45) is 2.60. The third kappa shape index (κ3) is 4.17. The van der Waals surface area contributed by atoms with Gasteiger partial charge in [0.25, 0.3) is 0 Å². The van der Waals surface area contributed by atoms with E-state index < -0.39 is 5.97 Å². The first-order valence-corrected chi connectivity index (χ1v) is 8.19. The highest BCUT2D eigenvalue weighted by Crippen LogP contribution is 2.30. The van der Waals surface area contributed by atoms with E-state index in [1.54, 1.807) is 0 Å². The second kappa shape index (κ2) is 6.53. The molecule has 1 aromatic rings. The Morgan fingerprint density at radius 1 is 1.40 bits per heavy atom. The van der Waals surface area contributed by atoms with Crippen molar-refractivity contribution in [2.45, 2.75) is 44.6 Å². The lowest BCUT2D eigenvalue weighted by Crippen LogP contribution is -2.23. The lowest BCUT2D eigenvalue weighted by atomic mass is 9.81. The van der Waals surface area contributed by atoms with Gasteiger partial charge >= 0.3 is 5.97 Å². The molecule has 1 saturated heterocycles. The van der Waals surface area contributed by atoms with Crippen LogP contribution in [-0.2, 0) is 10.2 Å². The summed E-state index contributed by atoms with van der Waals surface area (Å²) in [5.41, 5.74) is 0.635. The predicted molar refractivity (Wildman–Crippen MR) is 82.7 cm³/mol. The van der Waals surface area contributed by atoms with Crippen LogP contribution in [0.5, 0.6) is 5.75 Å². The number of thioether (sulfide) groups is 1. The van der Waals surface area contributed by atoms with E-state index in [-0.39, 0.29) is 11.8 Å². The SMILES string of the molecule is CC(C)(CC(=O)O)c1cccc(OC2CCSCC2)c1. The van der Waals surface area contributed by atoms with Gasteiger partial charge in [0.1, 0.15) is 11.9 Å². The second-order valence-corrected chi connectivity index (χ2v) is 7.14. The van der Waals surface area contributed by atoms with Gasteiger partial charge in [-0.25, -0.2) is 0 Å².